The van der Waals surface area contributed by atoms with Crippen molar-refractivity contribution in [2.24, 2.45) is 5.92 Å². The highest BCUT2D eigenvalue weighted by Crippen LogP contribution is 2.34. The molecule has 2 fully saturated rings. The highest BCUT2D eigenvalue weighted by Gasteiger charge is 2.34. The first-order valence-corrected chi connectivity index (χ1v) is 9.60. The zero-order chi connectivity index (χ0) is 18.4. The number of rotatable bonds is 8. The SMILES string of the molecule is COc1cc(OC)c(CCNC2CCCC2C2COCCN2)c(OC)c1. The Hall–Kier alpha value is -1.50. The third kappa shape index (κ3) is 4.42. The first-order valence-electron chi connectivity index (χ1n) is 9.60. The fourth-order valence-corrected chi connectivity index (χ4v) is 4.29. The number of morpholine rings is 1. The molecule has 1 aromatic carbocycles. The maximum absolute atomic E-state index is 5.66. The number of nitrogens with one attached hydrogen (secondary N) is 2. The Kier molecular flexibility index (Phi) is 7.00. The molecule has 3 atom stereocenters. The van der Waals surface area contributed by atoms with Crippen molar-refractivity contribution in [3.8, 4) is 17.2 Å². The van der Waals surface area contributed by atoms with E-state index in [-0.39, 0.29) is 0 Å². The van der Waals surface area contributed by atoms with Gasteiger partial charge in [0.2, 0.25) is 0 Å². The summed E-state index contributed by atoms with van der Waals surface area (Å²) in [5.41, 5.74) is 1.08. The highest BCUT2D eigenvalue weighted by atomic mass is 16.5. The Bertz CT molecular complexity index is 550. The second-order valence-corrected chi connectivity index (χ2v) is 7.05. The largest absolute Gasteiger partial charge is 0.496 e. The zero-order valence-corrected chi connectivity index (χ0v) is 16.2. The van der Waals surface area contributed by atoms with E-state index < -0.39 is 0 Å². The Morgan fingerprint density at radius 2 is 1.88 bits per heavy atom. The second kappa shape index (κ2) is 9.44. The minimum atomic E-state index is 0.480. The van der Waals surface area contributed by atoms with E-state index in [0.29, 0.717) is 18.0 Å². The molecule has 0 aromatic heterocycles. The minimum Gasteiger partial charge on any atom is -0.496 e. The lowest BCUT2D eigenvalue weighted by molar-refractivity contribution is 0.0526. The van der Waals surface area contributed by atoms with Gasteiger partial charge in [-0.2, -0.15) is 0 Å². The van der Waals surface area contributed by atoms with Gasteiger partial charge in [0, 0.05) is 36.3 Å². The molecular formula is C20H32N2O4. The van der Waals surface area contributed by atoms with E-state index in [1.165, 1.54) is 19.3 Å². The highest BCUT2D eigenvalue weighted by molar-refractivity contribution is 5.50. The Morgan fingerprint density at radius 3 is 2.50 bits per heavy atom. The van der Waals surface area contributed by atoms with Gasteiger partial charge in [0.1, 0.15) is 17.2 Å². The molecular weight excluding hydrogens is 332 g/mol. The van der Waals surface area contributed by atoms with E-state index in [4.69, 9.17) is 18.9 Å². The molecule has 3 rings (SSSR count). The van der Waals surface area contributed by atoms with Crippen LogP contribution in [0.1, 0.15) is 24.8 Å². The summed E-state index contributed by atoms with van der Waals surface area (Å²) in [5.74, 6) is 3.02. The molecule has 2 aliphatic rings. The molecule has 6 nitrogen and oxygen atoms in total. The van der Waals surface area contributed by atoms with Crippen molar-refractivity contribution >= 4 is 0 Å². The molecule has 1 saturated carbocycles. The van der Waals surface area contributed by atoms with Gasteiger partial charge in [-0.3, -0.25) is 0 Å². The van der Waals surface area contributed by atoms with Crippen molar-refractivity contribution in [1.29, 1.82) is 0 Å². The number of hydrogen-bond donors (Lipinski definition) is 2. The Labute approximate surface area is 156 Å². The zero-order valence-electron chi connectivity index (χ0n) is 16.2. The molecule has 3 unspecified atom stereocenters. The predicted octanol–water partition coefficient (Wildman–Crippen LogP) is 2.00. The van der Waals surface area contributed by atoms with Gasteiger partial charge in [0.25, 0.3) is 0 Å². The first-order chi connectivity index (χ1) is 12.8. The van der Waals surface area contributed by atoms with E-state index in [0.717, 1.165) is 55.5 Å². The minimum absolute atomic E-state index is 0.480. The van der Waals surface area contributed by atoms with Crippen molar-refractivity contribution in [3.63, 3.8) is 0 Å². The number of methoxy groups -OCH3 is 3. The van der Waals surface area contributed by atoms with Crippen LogP contribution in [0, 0.1) is 5.92 Å². The Morgan fingerprint density at radius 1 is 1.12 bits per heavy atom. The fourth-order valence-electron chi connectivity index (χ4n) is 4.29. The Balaban J connectivity index is 1.60. The van der Waals surface area contributed by atoms with Gasteiger partial charge < -0.3 is 29.6 Å². The summed E-state index contributed by atoms with van der Waals surface area (Å²) in [6.45, 7) is 3.53. The molecule has 1 aromatic rings. The molecule has 26 heavy (non-hydrogen) atoms. The summed E-state index contributed by atoms with van der Waals surface area (Å²) in [5, 5.41) is 7.40. The third-order valence-corrected chi connectivity index (χ3v) is 5.64. The normalized spacial score (nSPS) is 25.9. The van der Waals surface area contributed by atoms with Gasteiger partial charge in [0.15, 0.2) is 0 Å². The van der Waals surface area contributed by atoms with Gasteiger partial charge >= 0.3 is 0 Å². The van der Waals surface area contributed by atoms with Crippen LogP contribution >= 0.6 is 0 Å². The van der Waals surface area contributed by atoms with Crippen LogP contribution in [0.3, 0.4) is 0 Å². The summed E-state index contributed by atoms with van der Waals surface area (Å²) in [6, 6.07) is 4.86. The maximum atomic E-state index is 5.66. The van der Waals surface area contributed by atoms with Crippen LogP contribution in [0.2, 0.25) is 0 Å². The molecule has 146 valence electrons. The summed E-state index contributed by atoms with van der Waals surface area (Å²) in [6.07, 6.45) is 4.65. The molecule has 2 N–H and O–H groups in total. The van der Waals surface area contributed by atoms with E-state index in [1.54, 1.807) is 21.3 Å². The van der Waals surface area contributed by atoms with Crippen molar-refractivity contribution in [2.45, 2.75) is 37.8 Å². The maximum Gasteiger partial charge on any atom is 0.129 e. The average molecular weight is 364 g/mol. The van der Waals surface area contributed by atoms with Crippen LogP contribution in [0.4, 0.5) is 0 Å². The van der Waals surface area contributed by atoms with Gasteiger partial charge in [-0.25, -0.2) is 0 Å². The van der Waals surface area contributed by atoms with Gasteiger partial charge in [-0.05, 0) is 31.7 Å². The van der Waals surface area contributed by atoms with Crippen LogP contribution in [0.5, 0.6) is 17.2 Å². The number of benzene rings is 1. The van der Waals surface area contributed by atoms with Gasteiger partial charge in [-0.1, -0.05) is 6.42 Å². The lowest BCUT2D eigenvalue weighted by Gasteiger charge is -2.33. The summed E-state index contributed by atoms with van der Waals surface area (Å²) >= 11 is 0. The molecule has 0 bridgehead atoms. The summed E-state index contributed by atoms with van der Waals surface area (Å²) in [4.78, 5) is 0. The van der Waals surface area contributed by atoms with E-state index in [9.17, 15) is 0 Å². The molecule has 6 heteroatoms. The standard InChI is InChI=1S/C20H32N2O4/c1-23-14-11-19(24-2)16(20(12-14)25-3)7-8-21-17-6-4-5-15(17)18-13-26-10-9-22-18/h11-12,15,17-18,21-22H,4-10,13H2,1-3H3. The van der Waals surface area contributed by atoms with Crippen LogP contribution < -0.4 is 24.8 Å². The van der Waals surface area contributed by atoms with Crippen molar-refractivity contribution in [2.75, 3.05) is 47.6 Å². The van der Waals surface area contributed by atoms with Crippen molar-refractivity contribution in [1.82, 2.24) is 10.6 Å². The van der Waals surface area contributed by atoms with Crippen molar-refractivity contribution in [3.05, 3.63) is 17.7 Å². The molecule has 1 aliphatic carbocycles. The molecule has 0 amide bonds. The molecule has 0 radical (unpaired) electrons. The van der Waals surface area contributed by atoms with E-state index >= 15 is 0 Å². The second-order valence-electron chi connectivity index (χ2n) is 7.05. The van der Waals surface area contributed by atoms with Crippen LogP contribution in [-0.4, -0.2) is 59.7 Å². The van der Waals surface area contributed by atoms with Crippen LogP contribution in [0.15, 0.2) is 12.1 Å². The molecule has 1 aliphatic heterocycles. The van der Waals surface area contributed by atoms with Crippen molar-refractivity contribution < 1.29 is 18.9 Å². The van der Waals surface area contributed by atoms with E-state index in [2.05, 4.69) is 10.6 Å². The van der Waals surface area contributed by atoms with Gasteiger partial charge in [-0.15, -0.1) is 0 Å². The summed E-state index contributed by atoms with van der Waals surface area (Å²) < 4.78 is 22.1. The lowest BCUT2D eigenvalue weighted by atomic mass is 9.94. The smallest absolute Gasteiger partial charge is 0.129 e. The quantitative estimate of drug-likeness (QED) is 0.736. The average Bonchev–Trinajstić information content (AvgIpc) is 3.17. The molecule has 0 spiro atoms. The third-order valence-electron chi connectivity index (χ3n) is 5.64. The van der Waals surface area contributed by atoms with Crippen LogP contribution in [0.25, 0.3) is 0 Å². The number of ether oxygens (including phenoxy) is 4. The van der Waals surface area contributed by atoms with E-state index in [1.807, 2.05) is 12.1 Å². The topological polar surface area (TPSA) is 61.0 Å². The van der Waals surface area contributed by atoms with Crippen LogP contribution in [-0.2, 0) is 11.2 Å². The van der Waals surface area contributed by atoms with Gasteiger partial charge in [0.05, 0.1) is 34.5 Å². The molecule has 1 saturated heterocycles. The predicted molar refractivity (Wildman–Crippen MR) is 102 cm³/mol. The number of hydrogen-bond acceptors (Lipinski definition) is 6. The first kappa shape index (κ1) is 19.3. The lowest BCUT2D eigenvalue weighted by Crippen LogP contribution is -2.51. The fraction of sp³-hybridized carbons (Fsp3) is 0.700. The monoisotopic (exact) mass is 364 g/mol. The summed E-state index contributed by atoms with van der Waals surface area (Å²) in [7, 11) is 5.03. The molecule has 1 heterocycles.